The summed E-state index contributed by atoms with van der Waals surface area (Å²) in [5.74, 6) is -0.798. The maximum absolute atomic E-state index is 12.8. The monoisotopic (exact) mass is 345 g/mol. The quantitative estimate of drug-likeness (QED) is 0.784. The Labute approximate surface area is 145 Å². The number of hydrogen-bond donors (Lipinski definition) is 1. The van der Waals surface area contributed by atoms with Gasteiger partial charge in [-0.3, -0.25) is 4.79 Å². The molecule has 2 rings (SSSR count). The molecule has 0 aliphatic heterocycles. The summed E-state index contributed by atoms with van der Waals surface area (Å²) < 4.78 is 23.1. The number of benzene rings is 2. The van der Waals surface area contributed by atoms with Gasteiger partial charge < -0.3 is 14.8 Å². The van der Waals surface area contributed by atoms with Crippen LogP contribution >= 0.6 is 0 Å². The average Bonchev–Trinajstić information content (AvgIpc) is 2.60. The Hall–Kier alpha value is -2.89. The van der Waals surface area contributed by atoms with Crippen molar-refractivity contribution in [3.63, 3.8) is 0 Å². The topological polar surface area (TPSA) is 64.6 Å². The Morgan fingerprint density at radius 2 is 1.76 bits per heavy atom. The average molecular weight is 345 g/mol. The molecule has 0 aromatic heterocycles. The normalized spacial score (nSPS) is 10.2. The lowest BCUT2D eigenvalue weighted by molar-refractivity contribution is -0.150. The maximum Gasteiger partial charge on any atom is 0.344 e. The second-order valence-electron chi connectivity index (χ2n) is 5.62. The van der Waals surface area contributed by atoms with E-state index >= 15 is 0 Å². The van der Waals surface area contributed by atoms with Crippen LogP contribution in [0.3, 0.4) is 0 Å². The van der Waals surface area contributed by atoms with Crippen molar-refractivity contribution in [1.82, 2.24) is 5.32 Å². The molecule has 1 N–H and O–H groups in total. The lowest BCUT2D eigenvalue weighted by atomic mass is 10.1. The van der Waals surface area contributed by atoms with Crippen LogP contribution in [-0.2, 0) is 20.9 Å². The number of carbonyl (C=O) groups excluding carboxylic acids is 2. The van der Waals surface area contributed by atoms with Crippen LogP contribution < -0.4 is 10.1 Å². The summed E-state index contributed by atoms with van der Waals surface area (Å²) >= 11 is 0. The Kier molecular flexibility index (Phi) is 6.51. The third kappa shape index (κ3) is 6.25. The Balaban J connectivity index is 1.69. The minimum absolute atomic E-state index is 0.232. The third-order valence-electron chi connectivity index (χ3n) is 3.46. The first-order chi connectivity index (χ1) is 11.9. The number of ether oxygens (including phenoxy) is 2. The van der Waals surface area contributed by atoms with Crippen LogP contribution in [0.5, 0.6) is 5.75 Å². The summed E-state index contributed by atoms with van der Waals surface area (Å²) in [6.45, 7) is 3.38. The molecule has 0 radical (unpaired) electrons. The number of rotatable bonds is 7. The van der Waals surface area contributed by atoms with Gasteiger partial charge >= 0.3 is 5.97 Å². The van der Waals surface area contributed by atoms with E-state index < -0.39 is 18.5 Å². The molecule has 0 atom stereocenters. The molecule has 0 heterocycles. The zero-order valence-corrected chi connectivity index (χ0v) is 14.2. The van der Waals surface area contributed by atoms with Gasteiger partial charge in [0.1, 0.15) is 11.6 Å². The van der Waals surface area contributed by atoms with E-state index in [0.717, 1.165) is 16.7 Å². The SMILES string of the molecule is Cc1ccc(C)c(OCC(=O)OCC(=O)NCc2ccc(F)cc2)c1. The Bertz CT molecular complexity index is 744. The second-order valence-corrected chi connectivity index (χ2v) is 5.62. The molecule has 0 unspecified atom stereocenters. The lowest BCUT2D eigenvalue weighted by Crippen LogP contribution is -2.29. The first-order valence-corrected chi connectivity index (χ1v) is 7.81. The first-order valence-electron chi connectivity index (χ1n) is 7.81. The third-order valence-corrected chi connectivity index (χ3v) is 3.46. The molecule has 0 aliphatic rings. The predicted molar refractivity (Wildman–Crippen MR) is 90.6 cm³/mol. The highest BCUT2D eigenvalue weighted by molar-refractivity contribution is 5.80. The van der Waals surface area contributed by atoms with E-state index in [1.54, 1.807) is 12.1 Å². The summed E-state index contributed by atoms with van der Waals surface area (Å²) in [5, 5.41) is 2.58. The van der Waals surface area contributed by atoms with Gasteiger partial charge in [0.15, 0.2) is 13.2 Å². The van der Waals surface area contributed by atoms with Crippen LogP contribution in [0.15, 0.2) is 42.5 Å². The molecule has 5 nitrogen and oxygen atoms in total. The maximum atomic E-state index is 12.8. The molecular formula is C19H20FNO4. The van der Waals surface area contributed by atoms with E-state index in [0.29, 0.717) is 5.75 Å². The first kappa shape index (κ1) is 18.4. The van der Waals surface area contributed by atoms with Crippen molar-refractivity contribution in [2.75, 3.05) is 13.2 Å². The van der Waals surface area contributed by atoms with Crippen LogP contribution in [0.2, 0.25) is 0 Å². The molecule has 1 amide bonds. The highest BCUT2D eigenvalue weighted by Crippen LogP contribution is 2.18. The summed E-state index contributed by atoms with van der Waals surface area (Å²) in [7, 11) is 0. The molecule has 25 heavy (non-hydrogen) atoms. The predicted octanol–water partition coefficient (Wildman–Crippen LogP) is 2.68. The number of nitrogens with one attached hydrogen (secondary N) is 1. The summed E-state index contributed by atoms with van der Waals surface area (Å²) in [4.78, 5) is 23.3. The van der Waals surface area contributed by atoms with Crippen molar-refractivity contribution in [2.24, 2.45) is 0 Å². The lowest BCUT2D eigenvalue weighted by Gasteiger charge is -2.10. The molecule has 0 spiro atoms. The number of aryl methyl sites for hydroxylation is 2. The van der Waals surface area contributed by atoms with Crippen LogP contribution in [-0.4, -0.2) is 25.1 Å². The van der Waals surface area contributed by atoms with Crippen molar-refractivity contribution >= 4 is 11.9 Å². The Morgan fingerprint density at radius 1 is 1.04 bits per heavy atom. The number of hydrogen-bond acceptors (Lipinski definition) is 4. The van der Waals surface area contributed by atoms with Crippen LogP contribution in [0, 0.1) is 19.7 Å². The van der Waals surface area contributed by atoms with Crippen molar-refractivity contribution in [3.05, 3.63) is 65.0 Å². The van der Waals surface area contributed by atoms with E-state index in [1.165, 1.54) is 12.1 Å². The minimum atomic E-state index is -0.627. The summed E-state index contributed by atoms with van der Waals surface area (Å²) in [5.41, 5.74) is 2.68. The fourth-order valence-electron chi connectivity index (χ4n) is 2.04. The van der Waals surface area contributed by atoms with Gasteiger partial charge in [-0.15, -0.1) is 0 Å². The van der Waals surface area contributed by atoms with E-state index in [4.69, 9.17) is 9.47 Å². The van der Waals surface area contributed by atoms with Gasteiger partial charge in [0.2, 0.25) is 0 Å². The van der Waals surface area contributed by atoms with E-state index in [2.05, 4.69) is 5.32 Å². The zero-order chi connectivity index (χ0) is 18.2. The van der Waals surface area contributed by atoms with E-state index in [-0.39, 0.29) is 19.0 Å². The molecule has 132 valence electrons. The van der Waals surface area contributed by atoms with Crippen molar-refractivity contribution in [3.8, 4) is 5.75 Å². The van der Waals surface area contributed by atoms with Gasteiger partial charge in [0, 0.05) is 6.54 Å². The number of amides is 1. The van der Waals surface area contributed by atoms with Gasteiger partial charge in [-0.1, -0.05) is 24.3 Å². The molecule has 0 fully saturated rings. The molecule has 6 heteroatoms. The summed E-state index contributed by atoms with van der Waals surface area (Å²) in [6, 6.07) is 11.4. The van der Waals surface area contributed by atoms with Crippen molar-refractivity contribution in [2.45, 2.75) is 20.4 Å². The zero-order valence-electron chi connectivity index (χ0n) is 14.2. The van der Waals surface area contributed by atoms with Crippen LogP contribution in [0.25, 0.3) is 0 Å². The van der Waals surface area contributed by atoms with E-state index in [1.807, 2.05) is 32.0 Å². The van der Waals surface area contributed by atoms with Gasteiger partial charge in [-0.2, -0.15) is 0 Å². The fraction of sp³-hybridized carbons (Fsp3) is 0.263. The fourth-order valence-corrected chi connectivity index (χ4v) is 2.04. The molecule has 2 aromatic rings. The van der Waals surface area contributed by atoms with Gasteiger partial charge in [-0.25, -0.2) is 9.18 Å². The standard InChI is InChI=1S/C19H20FNO4/c1-13-3-4-14(2)17(9-13)24-12-19(23)25-11-18(22)21-10-15-5-7-16(20)8-6-15/h3-9H,10-12H2,1-2H3,(H,21,22). The highest BCUT2D eigenvalue weighted by Gasteiger charge is 2.09. The number of esters is 1. The number of halogens is 1. The highest BCUT2D eigenvalue weighted by atomic mass is 19.1. The number of carbonyl (C=O) groups is 2. The van der Waals surface area contributed by atoms with Crippen molar-refractivity contribution < 1.29 is 23.5 Å². The molecule has 0 saturated heterocycles. The second kappa shape index (κ2) is 8.82. The van der Waals surface area contributed by atoms with Gasteiger partial charge in [0.25, 0.3) is 5.91 Å². The largest absolute Gasteiger partial charge is 0.482 e. The minimum Gasteiger partial charge on any atom is -0.482 e. The molecule has 0 saturated carbocycles. The van der Waals surface area contributed by atoms with Gasteiger partial charge in [-0.05, 0) is 48.7 Å². The van der Waals surface area contributed by atoms with Crippen LogP contribution in [0.4, 0.5) is 4.39 Å². The summed E-state index contributed by atoms with van der Waals surface area (Å²) in [6.07, 6.45) is 0. The van der Waals surface area contributed by atoms with Crippen molar-refractivity contribution in [1.29, 1.82) is 0 Å². The Morgan fingerprint density at radius 3 is 2.48 bits per heavy atom. The van der Waals surface area contributed by atoms with E-state index in [9.17, 15) is 14.0 Å². The molecular weight excluding hydrogens is 325 g/mol. The smallest absolute Gasteiger partial charge is 0.344 e. The van der Waals surface area contributed by atoms with Gasteiger partial charge in [0.05, 0.1) is 0 Å². The molecule has 0 aliphatic carbocycles. The molecule has 0 bridgehead atoms. The van der Waals surface area contributed by atoms with Crippen LogP contribution in [0.1, 0.15) is 16.7 Å². The molecule has 2 aromatic carbocycles.